The topological polar surface area (TPSA) is 65.5 Å². The smallest absolute Gasteiger partial charge is 0.272 e. The molecule has 0 amide bonds. The van der Waals surface area contributed by atoms with Gasteiger partial charge in [-0.15, -0.1) is 0 Å². The summed E-state index contributed by atoms with van der Waals surface area (Å²) in [5.41, 5.74) is 0.774. The van der Waals surface area contributed by atoms with Crippen LogP contribution in [0.2, 0.25) is 0 Å². The van der Waals surface area contributed by atoms with Crippen molar-refractivity contribution in [3.05, 3.63) is 51.0 Å². The standard InChI is InChI=1S/C29H42N6O/c1-9-34(10-2,11-3)17-15-16-24-20-26(28(23-31)33-8)29(21-25(24)27(22-30)32-7)36-19-18-35(12-4,13-5)14-6/h20-21H,9-19H2,1-6H3/q+2. The van der Waals surface area contributed by atoms with Crippen LogP contribution in [-0.2, 0) is 6.42 Å². The second kappa shape index (κ2) is 14.9. The van der Waals surface area contributed by atoms with E-state index in [2.05, 4.69) is 51.2 Å². The van der Waals surface area contributed by atoms with Crippen molar-refractivity contribution in [3.63, 3.8) is 0 Å². The van der Waals surface area contributed by atoms with Crippen LogP contribution in [0.25, 0.3) is 21.1 Å². The van der Waals surface area contributed by atoms with E-state index in [0.717, 1.165) is 73.3 Å². The second-order valence-electron chi connectivity index (χ2n) is 9.13. The molecule has 36 heavy (non-hydrogen) atoms. The van der Waals surface area contributed by atoms with Gasteiger partial charge in [0, 0.05) is 11.6 Å². The van der Waals surface area contributed by atoms with Crippen LogP contribution in [-0.4, -0.2) is 67.9 Å². The van der Waals surface area contributed by atoms with Crippen LogP contribution in [0.3, 0.4) is 0 Å². The number of quaternary nitrogens is 2. The molecule has 0 N–H and O–H groups in total. The van der Waals surface area contributed by atoms with Crippen LogP contribution in [0, 0.1) is 35.8 Å². The number of hydrogen-bond donors (Lipinski definition) is 0. The minimum absolute atomic E-state index is 0.00532. The molecule has 0 fully saturated rings. The van der Waals surface area contributed by atoms with E-state index in [4.69, 9.17) is 17.9 Å². The summed E-state index contributed by atoms with van der Waals surface area (Å²) in [7, 11) is 0. The van der Waals surface area contributed by atoms with Gasteiger partial charge < -0.3 is 13.7 Å². The van der Waals surface area contributed by atoms with Crippen molar-refractivity contribution in [2.45, 2.75) is 54.4 Å². The molecule has 0 bridgehead atoms. The van der Waals surface area contributed by atoms with E-state index < -0.39 is 0 Å². The molecular formula is C29H42N6O+2. The molecule has 0 aliphatic heterocycles. The van der Waals surface area contributed by atoms with Crippen LogP contribution in [0.1, 0.15) is 53.5 Å². The molecule has 0 radical (unpaired) electrons. The molecule has 0 saturated heterocycles. The van der Waals surface area contributed by atoms with Gasteiger partial charge >= 0.3 is 0 Å². The summed E-state index contributed by atoms with van der Waals surface area (Å²) in [5.74, 6) is 0.389. The Kier molecular flexibility index (Phi) is 12.7. The van der Waals surface area contributed by atoms with Crippen LogP contribution in [0.5, 0.6) is 5.75 Å². The maximum atomic E-state index is 9.66. The number of hydrogen-bond acceptors (Lipinski definition) is 3. The number of nitrogens with zero attached hydrogens (tertiary/aromatic N) is 6. The fourth-order valence-corrected chi connectivity index (χ4v) is 4.89. The van der Waals surface area contributed by atoms with Gasteiger partial charge in [0.25, 0.3) is 11.4 Å². The van der Waals surface area contributed by atoms with Crippen LogP contribution in [0.4, 0.5) is 0 Å². The maximum Gasteiger partial charge on any atom is 0.272 e. The van der Waals surface area contributed by atoms with Gasteiger partial charge in [0.1, 0.15) is 18.9 Å². The summed E-state index contributed by atoms with van der Waals surface area (Å²) in [6.45, 7) is 36.5. The van der Waals surface area contributed by atoms with Crippen molar-refractivity contribution in [1.82, 2.24) is 0 Å². The molecule has 0 saturated carbocycles. The number of ether oxygens (including phenoxy) is 1. The first-order chi connectivity index (χ1) is 17.3. The fourth-order valence-electron chi connectivity index (χ4n) is 4.89. The van der Waals surface area contributed by atoms with Gasteiger partial charge in [-0.2, -0.15) is 0 Å². The van der Waals surface area contributed by atoms with E-state index in [1.54, 1.807) is 12.1 Å². The molecule has 0 spiro atoms. The van der Waals surface area contributed by atoms with Crippen molar-refractivity contribution >= 4 is 11.4 Å². The van der Waals surface area contributed by atoms with Gasteiger partial charge in [-0.3, -0.25) is 0 Å². The molecule has 0 atom stereocenters. The zero-order valence-corrected chi connectivity index (χ0v) is 23.0. The Bertz CT molecular complexity index is 1020. The molecule has 7 heteroatoms. The number of rotatable bonds is 14. The number of nitriles is 2. The number of benzene rings is 1. The molecule has 1 aromatic carbocycles. The zero-order chi connectivity index (χ0) is 27.2. The van der Waals surface area contributed by atoms with E-state index in [1.807, 2.05) is 12.1 Å². The molecule has 0 aliphatic rings. The van der Waals surface area contributed by atoms with Crippen molar-refractivity contribution in [1.29, 1.82) is 10.5 Å². The molecule has 1 aromatic rings. The van der Waals surface area contributed by atoms with Crippen molar-refractivity contribution in [3.8, 4) is 17.9 Å². The van der Waals surface area contributed by atoms with E-state index in [-0.39, 0.29) is 11.4 Å². The average Bonchev–Trinajstić information content (AvgIpc) is 2.92. The molecule has 0 unspecified atom stereocenters. The van der Waals surface area contributed by atoms with Crippen molar-refractivity contribution in [2.75, 3.05) is 59.0 Å². The third-order valence-corrected chi connectivity index (χ3v) is 8.08. The lowest BCUT2D eigenvalue weighted by molar-refractivity contribution is -0.923. The third-order valence-electron chi connectivity index (χ3n) is 8.08. The van der Waals surface area contributed by atoms with Gasteiger partial charge in [0.05, 0.1) is 71.1 Å². The van der Waals surface area contributed by atoms with Crippen molar-refractivity contribution in [2.24, 2.45) is 0 Å². The summed E-state index contributed by atoms with van der Waals surface area (Å²) in [6, 6.07) is 7.53. The highest BCUT2D eigenvalue weighted by molar-refractivity contribution is 5.70. The molecule has 0 aromatic heterocycles. The third kappa shape index (κ3) is 7.32. The molecule has 1 rings (SSSR count). The van der Waals surface area contributed by atoms with Crippen LogP contribution >= 0.6 is 0 Å². The quantitative estimate of drug-likeness (QED) is 0.294. The predicted octanol–water partition coefficient (Wildman–Crippen LogP) is 3.85. The maximum absolute atomic E-state index is 9.66. The highest BCUT2D eigenvalue weighted by Gasteiger charge is 2.22. The van der Waals surface area contributed by atoms with E-state index in [0.29, 0.717) is 29.2 Å². The Labute approximate surface area is 217 Å². The van der Waals surface area contributed by atoms with Gasteiger partial charge in [-0.05, 0) is 59.2 Å². The summed E-state index contributed by atoms with van der Waals surface area (Å²) in [4.78, 5) is 6.91. The first-order valence-corrected chi connectivity index (χ1v) is 13.1. The lowest BCUT2D eigenvalue weighted by Gasteiger charge is -2.36. The van der Waals surface area contributed by atoms with Crippen LogP contribution in [0.15, 0.2) is 12.1 Å². The van der Waals surface area contributed by atoms with E-state index in [1.165, 1.54) is 0 Å². The van der Waals surface area contributed by atoms with Gasteiger partial charge in [-0.25, -0.2) is 20.2 Å². The Morgan fingerprint density at radius 3 is 1.69 bits per heavy atom. The molecular weight excluding hydrogens is 448 g/mol. The summed E-state index contributed by atoms with van der Waals surface area (Å²) in [6.07, 6.45) is 1.53. The molecule has 0 aliphatic carbocycles. The number of likely N-dealkylation sites (N-methyl/N-ethyl adjacent to an activating group) is 1. The second-order valence-corrected chi connectivity index (χ2v) is 9.13. The van der Waals surface area contributed by atoms with Gasteiger partial charge in [-0.1, -0.05) is 11.6 Å². The van der Waals surface area contributed by atoms with Crippen molar-refractivity contribution < 1.29 is 13.7 Å². The van der Waals surface area contributed by atoms with Gasteiger partial charge in [0.15, 0.2) is 0 Å². The normalized spacial score (nSPS) is 13.1. The molecule has 7 nitrogen and oxygen atoms in total. The monoisotopic (exact) mass is 490 g/mol. The lowest BCUT2D eigenvalue weighted by Crippen LogP contribution is -2.50. The molecule has 0 heterocycles. The van der Waals surface area contributed by atoms with E-state index in [9.17, 15) is 10.5 Å². The van der Waals surface area contributed by atoms with Gasteiger partial charge in [0.2, 0.25) is 0 Å². The summed E-state index contributed by atoms with van der Waals surface area (Å²) < 4.78 is 8.08. The molecule has 192 valence electrons. The highest BCUT2D eigenvalue weighted by atomic mass is 16.5. The van der Waals surface area contributed by atoms with Crippen LogP contribution < -0.4 is 15.2 Å². The minimum atomic E-state index is -0.0397. The first-order valence-electron chi connectivity index (χ1n) is 13.1. The summed E-state index contributed by atoms with van der Waals surface area (Å²) in [5, 5.41) is 20.3. The Morgan fingerprint density at radius 2 is 1.25 bits per heavy atom. The Balaban J connectivity index is 3.61. The zero-order valence-electron chi connectivity index (χ0n) is 23.0. The average molecular weight is 491 g/mol. The number of aryl methyl sites for hydroxylation is 1. The SMILES string of the molecule is [C-]#[N+]C(C#N)=c1cc(OCC[N+](CC)(CC)CC)c(=C(C#N)[N+]#[C-])cc1CCC[N+](CC)(CC)CC. The highest BCUT2D eigenvalue weighted by Crippen LogP contribution is 2.13. The first kappa shape index (κ1) is 30.7. The predicted molar refractivity (Wildman–Crippen MR) is 144 cm³/mol. The Morgan fingerprint density at radius 1 is 0.778 bits per heavy atom. The Hall–Kier alpha value is -3.36. The van der Waals surface area contributed by atoms with E-state index >= 15 is 0 Å². The largest absolute Gasteiger partial charge is 0.488 e. The lowest BCUT2D eigenvalue weighted by atomic mass is 10.0. The fraction of sp³-hybridized carbons (Fsp3) is 0.586. The minimum Gasteiger partial charge on any atom is -0.488 e. The summed E-state index contributed by atoms with van der Waals surface area (Å²) >= 11 is 0.